The number of benzene rings is 1. The lowest BCUT2D eigenvalue weighted by molar-refractivity contribution is 0.0946. The summed E-state index contributed by atoms with van der Waals surface area (Å²) < 4.78 is 5.08. The van der Waals surface area contributed by atoms with E-state index in [1.807, 2.05) is 0 Å². The third-order valence-electron chi connectivity index (χ3n) is 3.64. The summed E-state index contributed by atoms with van der Waals surface area (Å²) in [6.07, 6.45) is 1.13. The van der Waals surface area contributed by atoms with Gasteiger partial charge >= 0.3 is 0 Å². The zero-order valence-electron chi connectivity index (χ0n) is 11.8. The summed E-state index contributed by atoms with van der Waals surface area (Å²) >= 11 is 5.81. The summed E-state index contributed by atoms with van der Waals surface area (Å²) in [7, 11) is 1.72. The molecular formula is C15H21ClN2O2. The number of nitrogens with one attached hydrogen (secondary N) is 1. The average molecular weight is 297 g/mol. The van der Waals surface area contributed by atoms with E-state index in [-0.39, 0.29) is 5.91 Å². The fraction of sp³-hybridized carbons (Fsp3) is 0.533. The second kappa shape index (κ2) is 7.62. The van der Waals surface area contributed by atoms with E-state index in [9.17, 15) is 4.79 Å². The van der Waals surface area contributed by atoms with E-state index in [2.05, 4.69) is 10.2 Å². The van der Waals surface area contributed by atoms with Gasteiger partial charge in [0.15, 0.2) is 0 Å². The first-order valence-electron chi connectivity index (χ1n) is 6.94. The second-order valence-electron chi connectivity index (χ2n) is 5.17. The maximum absolute atomic E-state index is 12.0. The van der Waals surface area contributed by atoms with Crippen molar-refractivity contribution in [3.63, 3.8) is 0 Å². The van der Waals surface area contributed by atoms with Crippen LogP contribution in [-0.2, 0) is 4.74 Å². The lowest BCUT2D eigenvalue weighted by atomic mass is 10.1. The van der Waals surface area contributed by atoms with Crippen molar-refractivity contribution >= 4 is 17.5 Å². The minimum atomic E-state index is -0.0305. The highest BCUT2D eigenvalue weighted by Gasteiger charge is 2.22. The Balaban J connectivity index is 1.73. The van der Waals surface area contributed by atoms with Gasteiger partial charge in [0.05, 0.1) is 6.61 Å². The molecule has 0 spiro atoms. The van der Waals surface area contributed by atoms with Crippen LogP contribution < -0.4 is 5.32 Å². The third-order valence-corrected chi connectivity index (χ3v) is 3.89. The molecule has 0 aliphatic carbocycles. The molecule has 1 aliphatic rings. The number of hydrogen-bond acceptors (Lipinski definition) is 3. The molecule has 1 atom stereocenters. The van der Waals surface area contributed by atoms with Crippen molar-refractivity contribution < 1.29 is 9.53 Å². The molecule has 1 N–H and O–H groups in total. The number of hydrogen-bond donors (Lipinski definition) is 1. The Labute approximate surface area is 125 Å². The molecule has 1 heterocycles. The lowest BCUT2D eigenvalue weighted by Gasteiger charge is -2.15. The zero-order chi connectivity index (χ0) is 14.4. The van der Waals surface area contributed by atoms with Crippen LogP contribution in [0.5, 0.6) is 0 Å². The predicted molar refractivity (Wildman–Crippen MR) is 80.2 cm³/mol. The molecular weight excluding hydrogens is 276 g/mol. The Bertz CT molecular complexity index is 436. The number of amides is 1. The van der Waals surface area contributed by atoms with Gasteiger partial charge < -0.3 is 15.0 Å². The molecule has 0 radical (unpaired) electrons. The summed E-state index contributed by atoms with van der Waals surface area (Å²) in [4.78, 5) is 14.4. The quantitative estimate of drug-likeness (QED) is 0.873. The zero-order valence-corrected chi connectivity index (χ0v) is 12.5. The van der Waals surface area contributed by atoms with Crippen LogP contribution in [0.15, 0.2) is 24.3 Å². The van der Waals surface area contributed by atoms with Crippen LogP contribution in [-0.4, -0.2) is 50.7 Å². The summed E-state index contributed by atoms with van der Waals surface area (Å²) in [5.41, 5.74) is 0.656. The van der Waals surface area contributed by atoms with E-state index in [4.69, 9.17) is 16.3 Å². The minimum Gasteiger partial charge on any atom is -0.383 e. The van der Waals surface area contributed by atoms with Crippen LogP contribution in [0.2, 0.25) is 5.02 Å². The highest BCUT2D eigenvalue weighted by Crippen LogP contribution is 2.15. The van der Waals surface area contributed by atoms with E-state index in [0.29, 0.717) is 16.5 Å². The van der Waals surface area contributed by atoms with E-state index in [0.717, 1.165) is 39.2 Å². The molecule has 4 nitrogen and oxygen atoms in total. The molecule has 1 aromatic rings. The Kier molecular flexibility index (Phi) is 5.83. The number of rotatable bonds is 6. The van der Waals surface area contributed by atoms with Gasteiger partial charge in [0.25, 0.3) is 5.91 Å². The molecule has 20 heavy (non-hydrogen) atoms. The summed E-state index contributed by atoms with van der Waals surface area (Å²) in [5.74, 6) is 0.500. The van der Waals surface area contributed by atoms with Crippen LogP contribution in [0.1, 0.15) is 16.8 Å². The van der Waals surface area contributed by atoms with Gasteiger partial charge in [-0.1, -0.05) is 11.6 Å². The molecule has 0 aromatic heterocycles. The van der Waals surface area contributed by atoms with Crippen molar-refractivity contribution in [2.24, 2.45) is 5.92 Å². The molecule has 2 rings (SSSR count). The summed E-state index contributed by atoms with van der Waals surface area (Å²) in [5, 5.41) is 3.64. The lowest BCUT2D eigenvalue weighted by Crippen LogP contribution is -2.31. The molecule has 0 saturated carbocycles. The number of likely N-dealkylation sites (tertiary alicyclic amines) is 1. The van der Waals surface area contributed by atoms with Crippen molar-refractivity contribution in [2.75, 3.05) is 39.9 Å². The highest BCUT2D eigenvalue weighted by molar-refractivity contribution is 6.30. The van der Waals surface area contributed by atoms with Crippen molar-refractivity contribution in [2.45, 2.75) is 6.42 Å². The minimum absolute atomic E-state index is 0.0305. The summed E-state index contributed by atoms with van der Waals surface area (Å²) in [6.45, 7) is 4.59. The van der Waals surface area contributed by atoms with Crippen molar-refractivity contribution in [1.82, 2.24) is 10.2 Å². The van der Waals surface area contributed by atoms with Crippen LogP contribution in [0.25, 0.3) is 0 Å². The van der Waals surface area contributed by atoms with Crippen molar-refractivity contribution in [3.05, 3.63) is 34.9 Å². The van der Waals surface area contributed by atoms with Gasteiger partial charge in [0.2, 0.25) is 0 Å². The first-order valence-corrected chi connectivity index (χ1v) is 7.32. The third kappa shape index (κ3) is 4.47. The van der Waals surface area contributed by atoms with Crippen LogP contribution in [0.3, 0.4) is 0 Å². The first-order chi connectivity index (χ1) is 9.69. The Hall–Kier alpha value is -1.10. The number of nitrogens with zero attached hydrogens (tertiary/aromatic N) is 1. The fourth-order valence-corrected chi connectivity index (χ4v) is 2.57. The van der Waals surface area contributed by atoms with Crippen LogP contribution >= 0.6 is 11.6 Å². The number of halogens is 1. The van der Waals surface area contributed by atoms with Gasteiger partial charge in [0.1, 0.15) is 0 Å². The van der Waals surface area contributed by atoms with E-state index < -0.39 is 0 Å². The number of methoxy groups -OCH3 is 1. The SMILES string of the molecule is COCCN1CC[C@@H](CNC(=O)c2ccc(Cl)cc2)C1. The first kappa shape index (κ1) is 15.3. The average Bonchev–Trinajstić information content (AvgIpc) is 2.91. The molecule has 5 heteroatoms. The molecule has 0 unspecified atom stereocenters. The largest absolute Gasteiger partial charge is 0.383 e. The smallest absolute Gasteiger partial charge is 0.251 e. The highest BCUT2D eigenvalue weighted by atomic mass is 35.5. The molecule has 110 valence electrons. The maximum Gasteiger partial charge on any atom is 0.251 e. The fourth-order valence-electron chi connectivity index (χ4n) is 2.44. The molecule has 1 saturated heterocycles. The van der Waals surface area contributed by atoms with E-state index >= 15 is 0 Å². The molecule has 1 fully saturated rings. The molecule has 1 aromatic carbocycles. The van der Waals surface area contributed by atoms with Gasteiger partial charge in [-0.2, -0.15) is 0 Å². The number of carbonyl (C=O) groups excluding carboxylic acids is 1. The summed E-state index contributed by atoms with van der Waals surface area (Å²) in [6, 6.07) is 6.96. The second-order valence-corrected chi connectivity index (χ2v) is 5.60. The van der Waals surface area contributed by atoms with Crippen molar-refractivity contribution in [1.29, 1.82) is 0 Å². The Morgan fingerprint density at radius 3 is 2.90 bits per heavy atom. The topological polar surface area (TPSA) is 41.6 Å². The maximum atomic E-state index is 12.0. The monoisotopic (exact) mass is 296 g/mol. The normalized spacial score (nSPS) is 19.2. The van der Waals surface area contributed by atoms with Crippen LogP contribution in [0.4, 0.5) is 0 Å². The Morgan fingerprint density at radius 1 is 1.45 bits per heavy atom. The van der Waals surface area contributed by atoms with Gasteiger partial charge in [-0.05, 0) is 43.1 Å². The molecule has 1 amide bonds. The number of ether oxygens (including phenoxy) is 1. The van der Waals surface area contributed by atoms with E-state index in [1.54, 1.807) is 31.4 Å². The van der Waals surface area contributed by atoms with E-state index in [1.165, 1.54) is 0 Å². The van der Waals surface area contributed by atoms with Gasteiger partial charge in [-0.15, -0.1) is 0 Å². The van der Waals surface area contributed by atoms with Crippen LogP contribution in [0, 0.1) is 5.92 Å². The number of carbonyl (C=O) groups is 1. The Morgan fingerprint density at radius 2 is 2.20 bits per heavy atom. The molecule has 0 bridgehead atoms. The molecule has 1 aliphatic heterocycles. The van der Waals surface area contributed by atoms with Gasteiger partial charge in [-0.25, -0.2) is 0 Å². The van der Waals surface area contributed by atoms with Gasteiger partial charge in [0, 0.05) is 37.3 Å². The van der Waals surface area contributed by atoms with Crippen molar-refractivity contribution in [3.8, 4) is 0 Å². The standard InChI is InChI=1S/C15H21ClN2O2/c1-20-9-8-18-7-6-12(11-18)10-17-15(19)13-2-4-14(16)5-3-13/h2-5,12H,6-11H2,1H3,(H,17,19)/t12-/m0/s1. The van der Waals surface area contributed by atoms with Gasteiger partial charge in [-0.3, -0.25) is 4.79 Å². The predicted octanol–water partition coefficient (Wildman–Crippen LogP) is 2.04.